The summed E-state index contributed by atoms with van der Waals surface area (Å²) in [7, 11) is 3.95. The molecular formula is C12H15N3. The summed E-state index contributed by atoms with van der Waals surface area (Å²) >= 11 is 0. The number of nitrogens with zero attached hydrogens (tertiary/aromatic N) is 2. The first-order valence-corrected chi connectivity index (χ1v) is 4.97. The minimum atomic E-state index is 1.03. The van der Waals surface area contributed by atoms with Crippen LogP contribution in [0.15, 0.2) is 30.3 Å². The van der Waals surface area contributed by atoms with Gasteiger partial charge in [-0.1, -0.05) is 18.2 Å². The zero-order valence-electron chi connectivity index (χ0n) is 9.28. The Morgan fingerprint density at radius 1 is 1.20 bits per heavy atom. The number of hydrazine groups is 1. The van der Waals surface area contributed by atoms with Gasteiger partial charge in [-0.15, -0.1) is 0 Å². The smallest absolute Gasteiger partial charge is 0.0726 e. The van der Waals surface area contributed by atoms with Gasteiger partial charge in [0.2, 0.25) is 0 Å². The van der Waals surface area contributed by atoms with E-state index < -0.39 is 0 Å². The van der Waals surface area contributed by atoms with Crippen LogP contribution in [0.25, 0.3) is 10.9 Å². The molecule has 0 saturated heterocycles. The van der Waals surface area contributed by atoms with Crippen molar-refractivity contribution in [3.63, 3.8) is 0 Å². The quantitative estimate of drug-likeness (QED) is 0.756. The molecule has 1 aromatic heterocycles. The molecule has 0 aliphatic carbocycles. The molecule has 0 atom stereocenters. The fourth-order valence-electron chi connectivity index (χ4n) is 1.64. The van der Waals surface area contributed by atoms with Gasteiger partial charge >= 0.3 is 0 Å². The second kappa shape index (κ2) is 3.87. The van der Waals surface area contributed by atoms with Crippen molar-refractivity contribution in [2.75, 3.05) is 19.5 Å². The van der Waals surface area contributed by atoms with Crippen LogP contribution in [0.4, 0.5) is 5.69 Å². The number of hydrogen-bond donors (Lipinski definition) is 1. The lowest BCUT2D eigenvalue weighted by atomic mass is 10.1. The van der Waals surface area contributed by atoms with E-state index in [2.05, 4.69) is 22.5 Å². The Morgan fingerprint density at radius 2 is 1.93 bits per heavy atom. The van der Waals surface area contributed by atoms with E-state index in [1.165, 1.54) is 0 Å². The molecule has 78 valence electrons. The molecule has 0 saturated carbocycles. The van der Waals surface area contributed by atoms with Crippen molar-refractivity contribution in [2.24, 2.45) is 0 Å². The number of hydrogen-bond acceptors (Lipinski definition) is 3. The second-order valence-electron chi connectivity index (χ2n) is 3.83. The second-order valence-corrected chi connectivity index (χ2v) is 3.83. The van der Waals surface area contributed by atoms with E-state index in [4.69, 9.17) is 0 Å². The Morgan fingerprint density at radius 3 is 2.67 bits per heavy atom. The molecule has 0 bridgehead atoms. The zero-order valence-corrected chi connectivity index (χ0v) is 9.28. The van der Waals surface area contributed by atoms with Gasteiger partial charge in [0.05, 0.1) is 11.2 Å². The third-order valence-corrected chi connectivity index (χ3v) is 2.19. The minimum absolute atomic E-state index is 1.03. The van der Waals surface area contributed by atoms with Gasteiger partial charge in [-0.05, 0) is 19.1 Å². The average Bonchev–Trinajstić information content (AvgIpc) is 2.16. The monoisotopic (exact) mass is 201 g/mol. The van der Waals surface area contributed by atoms with Gasteiger partial charge in [0.1, 0.15) is 0 Å². The Balaban J connectivity index is 2.60. The largest absolute Gasteiger partial charge is 0.319 e. The van der Waals surface area contributed by atoms with Crippen LogP contribution in [0.3, 0.4) is 0 Å². The number of fused-ring (bicyclic) bond motifs is 1. The Labute approximate surface area is 89.7 Å². The van der Waals surface area contributed by atoms with E-state index in [1.807, 2.05) is 44.2 Å². The lowest BCUT2D eigenvalue weighted by molar-refractivity contribution is 0.496. The Bertz CT molecular complexity index is 477. The Kier molecular flexibility index (Phi) is 2.56. The Hall–Kier alpha value is -1.61. The normalized spacial score (nSPS) is 10.9. The van der Waals surface area contributed by atoms with Gasteiger partial charge in [-0.2, -0.15) is 0 Å². The number of aromatic nitrogens is 1. The van der Waals surface area contributed by atoms with Crippen LogP contribution in [0.5, 0.6) is 0 Å². The summed E-state index contributed by atoms with van der Waals surface area (Å²) in [5.74, 6) is 0. The van der Waals surface area contributed by atoms with Gasteiger partial charge in [-0.25, -0.2) is 5.01 Å². The van der Waals surface area contributed by atoms with Crippen LogP contribution >= 0.6 is 0 Å². The SMILES string of the molecule is Cc1cc(NN(C)C)c2ccccc2n1. The van der Waals surface area contributed by atoms with Crippen molar-refractivity contribution in [1.29, 1.82) is 0 Å². The van der Waals surface area contributed by atoms with Gasteiger partial charge < -0.3 is 5.43 Å². The molecule has 1 aromatic carbocycles. The third kappa shape index (κ3) is 2.07. The standard InChI is InChI=1S/C12H15N3/c1-9-8-12(14-15(2)3)10-6-4-5-7-11(10)13-9/h4-8H,1-3H3,(H,13,14). The minimum Gasteiger partial charge on any atom is -0.319 e. The molecule has 0 unspecified atom stereocenters. The fraction of sp³-hybridized carbons (Fsp3) is 0.250. The van der Waals surface area contributed by atoms with Crippen LogP contribution in [0, 0.1) is 6.92 Å². The summed E-state index contributed by atoms with van der Waals surface area (Å²) in [5, 5.41) is 3.08. The summed E-state index contributed by atoms with van der Waals surface area (Å²) in [5.41, 5.74) is 6.44. The molecule has 2 aromatic rings. The zero-order chi connectivity index (χ0) is 10.8. The first-order valence-electron chi connectivity index (χ1n) is 4.97. The van der Waals surface area contributed by atoms with Crippen molar-refractivity contribution in [2.45, 2.75) is 6.92 Å². The van der Waals surface area contributed by atoms with Gasteiger partial charge in [-0.3, -0.25) is 4.98 Å². The topological polar surface area (TPSA) is 28.2 Å². The summed E-state index contributed by atoms with van der Waals surface area (Å²) in [4.78, 5) is 4.49. The molecule has 0 fully saturated rings. The summed E-state index contributed by atoms with van der Waals surface area (Å²) in [6, 6.07) is 10.2. The van der Waals surface area contributed by atoms with Crippen LogP contribution in [0.1, 0.15) is 5.69 Å². The van der Waals surface area contributed by atoms with Crippen molar-refractivity contribution in [3.05, 3.63) is 36.0 Å². The van der Waals surface area contributed by atoms with Crippen molar-refractivity contribution < 1.29 is 0 Å². The van der Waals surface area contributed by atoms with E-state index in [0.717, 1.165) is 22.3 Å². The molecular weight excluding hydrogens is 186 g/mol. The molecule has 0 radical (unpaired) electrons. The van der Waals surface area contributed by atoms with E-state index in [0.29, 0.717) is 0 Å². The maximum Gasteiger partial charge on any atom is 0.0726 e. The highest BCUT2D eigenvalue weighted by Gasteiger charge is 2.03. The summed E-state index contributed by atoms with van der Waals surface area (Å²) in [6.07, 6.45) is 0. The van der Waals surface area contributed by atoms with Crippen LogP contribution in [0.2, 0.25) is 0 Å². The van der Waals surface area contributed by atoms with Gasteiger partial charge in [0.15, 0.2) is 0 Å². The molecule has 0 amide bonds. The van der Waals surface area contributed by atoms with Crippen LogP contribution < -0.4 is 5.43 Å². The number of nitrogens with one attached hydrogen (secondary N) is 1. The maximum absolute atomic E-state index is 4.49. The number of benzene rings is 1. The molecule has 2 rings (SSSR count). The molecule has 0 aliphatic rings. The third-order valence-electron chi connectivity index (χ3n) is 2.19. The van der Waals surface area contributed by atoms with Crippen molar-refractivity contribution in [3.8, 4) is 0 Å². The molecule has 1 heterocycles. The highest BCUT2D eigenvalue weighted by molar-refractivity contribution is 5.91. The molecule has 15 heavy (non-hydrogen) atoms. The number of anilines is 1. The lowest BCUT2D eigenvalue weighted by Gasteiger charge is -2.15. The predicted molar refractivity (Wildman–Crippen MR) is 63.8 cm³/mol. The van der Waals surface area contributed by atoms with E-state index >= 15 is 0 Å². The first kappa shape index (κ1) is 9.93. The summed E-state index contributed by atoms with van der Waals surface area (Å²) in [6.45, 7) is 2.01. The molecule has 3 nitrogen and oxygen atoms in total. The van der Waals surface area contributed by atoms with E-state index in [-0.39, 0.29) is 0 Å². The molecule has 0 spiro atoms. The van der Waals surface area contributed by atoms with E-state index in [1.54, 1.807) is 0 Å². The maximum atomic E-state index is 4.49. The highest BCUT2D eigenvalue weighted by atomic mass is 15.5. The number of pyridine rings is 1. The summed E-state index contributed by atoms with van der Waals surface area (Å²) < 4.78 is 0. The fourth-order valence-corrected chi connectivity index (χ4v) is 1.64. The first-order chi connectivity index (χ1) is 7.16. The lowest BCUT2D eigenvalue weighted by Crippen LogP contribution is -2.19. The number of aryl methyl sites for hydroxylation is 1. The molecule has 3 heteroatoms. The molecule has 0 aliphatic heterocycles. The van der Waals surface area contributed by atoms with Crippen LogP contribution in [-0.2, 0) is 0 Å². The van der Waals surface area contributed by atoms with Crippen molar-refractivity contribution >= 4 is 16.6 Å². The van der Waals surface area contributed by atoms with Gasteiger partial charge in [0, 0.05) is 25.2 Å². The van der Waals surface area contributed by atoms with Crippen LogP contribution in [-0.4, -0.2) is 24.1 Å². The predicted octanol–water partition coefficient (Wildman–Crippen LogP) is 2.43. The van der Waals surface area contributed by atoms with Crippen molar-refractivity contribution in [1.82, 2.24) is 9.99 Å². The highest BCUT2D eigenvalue weighted by Crippen LogP contribution is 2.22. The average molecular weight is 201 g/mol. The van der Waals surface area contributed by atoms with Gasteiger partial charge in [0.25, 0.3) is 0 Å². The molecule has 1 N–H and O–H groups in total. The van der Waals surface area contributed by atoms with E-state index in [9.17, 15) is 0 Å². The number of rotatable bonds is 2. The number of para-hydroxylation sites is 1.